The van der Waals surface area contributed by atoms with Gasteiger partial charge in [0.05, 0.1) is 18.2 Å². The number of oxime groups is 1. The second-order valence-electron chi connectivity index (χ2n) is 8.10. The molecule has 7 nitrogen and oxygen atoms in total. The van der Waals surface area contributed by atoms with Crippen LogP contribution in [0.25, 0.3) is 0 Å². The van der Waals surface area contributed by atoms with Crippen LogP contribution < -0.4 is 5.32 Å². The predicted octanol–water partition coefficient (Wildman–Crippen LogP) is 2.88. The highest BCUT2D eigenvalue weighted by Crippen LogP contribution is 2.30. The average Bonchev–Trinajstić information content (AvgIpc) is 3.28. The van der Waals surface area contributed by atoms with Gasteiger partial charge >= 0.3 is 0 Å². The molecule has 1 heterocycles. The van der Waals surface area contributed by atoms with Crippen molar-refractivity contribution in [3.05, 3.63) is 71.8 Å². The van der Waals surface area contributed by atoms with Gasteiger partial charge in [0.1, 0.15) is 13.2 Å². The van der Waals surface area contributed by atoms with Crippen molar-refractivity contribution in [3.8, 4) is 0 Å². The first-order valence-electron chi connectivity index (χ1n) is 11.6. The zero-order chi connectivity index (χ0) is 23.6. The fourth-order valence-corrected chi connectivity index (χ4v) is 4.30. The van der Waals surface area contributed by atoms with Crippen molar-refractivity contribution in [2.24, 2.45) is 5.16 Å². The Balaban J connectivity index is 1.85. The van der Waals surface area contributed by atoms with E-state index >= 15 is 0 Å². The topological polar surface area (TPSA) is 74.2 Å². The van der Waals surface area contributed by atoms with Gasteiger partial charge in [-0.05, 0) is 24.2 Å². The van der Waals surface area contributed by atoms with Crippen LogP contribution in [0.2, 0.25) is 0 Å². The Morgan fingerprint density at radius 2 is 1.64 bits per heavy atom. The Kier molecular flexibility index (Phi) is 9.01. The lowest BCUT2D eigenvalue weighted by Crippen LogP contribution is -2.48. The Bertz CT molecular complexity index is 890. The van der Waals surface area contributed by atoms with E-state index in [1.54, 1.807) is 4.90 Å². The summed E-state index contributed by atoms with van der Waals surface area (Å²) in [6.07, 6.45) is 0.368. The molecule has 1 aliphatic heterocycles. The van der Waals surface area contributed by atoms with E-state index in [0.717, 1.165) is 30.8 Å². The molecule has 0 saturated carbocycles. The van der Waals surface area contributed by atoms with Crippen LogP contribution in [0, 0.1) is 0 Å². The van der Waals surface area contributed by atoms with Crippen LogP contribution in [0.1, 0.15) is 37.3 Å². The van der Waals surface area contributed by atoms with Gasteiger partial charge in [-0.15, -0.1) is 0 Å². The smallest absolute Gasteiger partial charge is 0.243 e. The van der Waals surface area contributed by atoms with E-state index in [1.807, 2.05) is 60.7 Å². The first-order chi connectivity index (χ1) is 16.1. The van der Waals surface area contributed by atoms with Crippen molar-refractivity contribution < 1.29 is 14.4 Å². The molecule has 0 spiro atoms. The zero-order valence-corrected chi connectivity index (χ0v) is 19.7. The van der Waals surface area contributed by atoms with Gasteiger partial charge in [-0.3, -0.25) is 9.59 Å². The highest BCUT2D eigenvalue weighted by Gasteiger charge is 2.41. The number of rotatable bonds is 10. The third kappa shape index (κ3) is 6.20. The second-order valence-corrected chi connectivity index (χ2v) is 8.10. The predicted molar refractivity (Wildman–Crippen MR) is 130 cm³/mol. The van der Waals surface area contributed by atoms with Crippen LogP contribution in [-0.2, 0) is 14.4 Å². The number of benzene rings is 2. The Morgan fingerprint density at radius 1 is 1.06 bits per heavy atom. The fraction of sp³-hybridized carbons (Fsp3) is 0.423. The Morgan fingerprint density at radius 3 is 2.15 bits per heavy atom. The van der Waals surface area contributed by atoms with Crippen molar-refractivity contribution >= 4 is 17.5 Å². The van der Waals surface area contributed by atoms with Crippen LogP contribution in [0.3, 0.4) is 0 Å². The molecular weight excluding hydrogens is 416 g/mol. The van der Waals surface area contributed by atoms with Gasteiger partial charge in [0.2, 0.25) is 11.8 Å². The molecule has 1 fully saturated rings. The third-order valence-electron chi connectivity index (χ3n) is 6.10. The van der Waals surface area contributed by atoms with Gasteiger partial charge in [0.25, 0.3) is 0 Å². The van der Waals surface area contributed by atoms with Gasteiger partial charge < -0.3 is 20.0 Å². The summed E-state index contributed by atoms with van der Waals surface area (Å²) in [6.45, 7) is 7.65. The molecule has 1 atom stereocenters. The molecule has 3 rings (SSSR count). The van der Waals surface area contributed by atoms with E-state index < -0.39 is 12.0 Å². The molecule has 0 unspecified atom stereocenters. The molecule has 0 bridgehead atoms. The van der Waals surface area contributed by atoms with E-state index in [4.69, 9.17) is 4.84 Å². The maximum atomic E-state index is 13.9. The van der Waals surface area contributed by atoms with Crippen LogP contribution in [0.15, 0.2) is 65.8 Å². The second kappa shape index (κ2) is 12.2. The average molecular weight is 451 g/mol. The summed E-state index contributed by atoms with van der Waals surface area (Å²) in [6, 6.07) is 18.8. The molecular formula is C26H34N4O3. The minimum atomic E-state index is -0.613. The minimum Gasteiger partial charge on any atom is -0.399 e. The van der Waals surface area contributed by atoms with Crippen LogP contribution >= 0.6 is 0 Å². The summed E-state index contributed by atoms with van der Waals surface area (Å²) in [4.78, 5) is 35.9. The monoisotopic (exact) mass is 450 g/mol. The number of amides is 2. The molecule has 176 valence electrons. The minimum absolute atomic E-state index is 0.113. The quantitative estimate of drug-likeness (QED) is 0.565. The van der Waals surface area contributed by atoms with Gasteiger partial charge in [-0.1, -0.05) is 79.7 Å². The highest BCUT2D eigenvalue weighted by atomic mass is 16.6. The lowest BCUT2D eigenvalue weighted by atomic mass is 9.90. The number of hydrogen-bond acceptors (Lipinski definition) is 5. The van der Waals surface area contributed by atoms with Gasteiger partial charge in [-0.2, -0.15) is 0 Å². The third-order valence-corrected chi connectivity index (χ3v) is 6.10. The summed E-state index contributed by atoms with van der Waals surface area (Å²) in [7, 11) is 1.48. The molecule has 1 saturated heterocycles. The lowest BCUT2D eigenvalue weighted by molar-refractivity contribution is -0.138. The number of likely N-dealkylation sites (tertiary alicyclic amines) is 1. The number of hydrogen-bond donors (Lipinski definition) is 1. The summed E-state index contributed by atoms with van der Waals surface area (Å²) >= 11 is 0. The van der Waals surface area contributed by atoms with Crippen LogP contribution in [0.5, 0.6) is 0 Å². The molecule has 0 aliphatic carbocycles. The zero-order valence-electron chi connectivity index (χ0n) is 19.7. The molecule has 2 aromatic rings. The number of nitrogens with one attached hydrogen (secondary N) is 1. The summed E-state index contributed by atoms with van der Waals surface area (Å²) < 4.78 is 0. The number of likely N-dealkylation sites (N-methyl/N-ethyl adjacent to an activating group) is 1. The fourth-order valence-electron chi connectivity index (χ4n) is 4.30. The molecule has 0 radical (unpaired) electrons. The number of carbonyl (C=O) groups is 2. The maximum Gasteiger partial charge on any atom is 0.243 e. The van der Waals surface area contributed by atoms with Crippen molar-refractivity contribution in [3.63, 3.8) is 0 Å². The van der Waals surface area contributed by atoms with Crippen LogP contribution in [-0.4, -0.2) is 73.2 Å². The van der Waals surface area contributed by atoms with Crippen molar-refractivity contribution in [1.29, 1.82) is 0 Å². The molecule has 0 aromatic heterocycles. The molecule has 2 amide bonds. The van der Waals surface area contributed by atoms with Gasteiger partial charge in [0, 0.05) is 19.5 Å². The molecule has 2 aromatic carbocycles. The first kappa shape index (κ1) is 24.5. The maximum absolute atomic E-state index is 13.9. The summed E-state index contributed by atoms with van der Waals surface area (Å²) in [5.41, 5.74) is 2.48. The highest BCUT2D eigenvalue weighted by molar-refractivity contribution is 6.02. The Hall–Kier alpha value is -3.19. The van der Waals surface area contributed by atoms with Gasteiger partial charge in [-0.25, -0.2) is 0 Å². The van der Waals surface area contributed by atoms with Crippen molar-refractivity contribution in [2.75, 3.05) is 39.8 Å². The van der Waals surface area contributed by atoms with Crippen molar-refractivity contribution in [1.82, 2.24) is 15.1 Å². The van der Waals surface area contributed by atoms with E-state index in [9.17, 15) is 9.59 Å². The summed E-state index contributed by atoms with van der Waals surface area (Å²) in [5, 5.41) is 7.08. The number of carbonyl (C=O) groups excluding carboxylic acids is 2. The largest absolute Gasteiger partial charge is 0.399 e. The molecule has 1 aliphatic rings. The normalized spacial score (nSPS) is 17.1. The number of nitrogens with zero attached hydrogens (tertiary/aromatic N) is 3. The standard InChI is InChI=1S/C26H34N4O3/c1-4-29(5-2)17-16-27-25(31)23-18-22(28-33-3)19-30(23)26(32)24(20-12-8-6-9-13-20)21-14-10-7-11-15-21/h6-15,23-24H,4-5,16-19H2,1-3H3,(H,27,31)/b28-22+/t23-/m0/s1. The first-order valence-corrected chi connectivity index (χ1v) is 11.6. The van der Waals surface area contributed by atoms with E-state index in [0.29, 0.717) is 18.7 Å². The van der Waals surface area contributed by atoms with E-state index in [2.05, 4.69) is 29.2 Å². The summed E-state index contributed by atoms with van der Waals surface area (Å²) in [5.74, 6) is -0.769. The lowest BCUT2D eigenvalue weighted by Gasteiger charge is -2.28. The molecule has 7 heteroatoms. The SMILES string of the molecule is CCN(CC)CCNC(=O)[C@@H]1C/C(=N\OC)CN1C(=O)C(c1ccccc1)c1ccccc1. The molecule has 33 heavy (non-hydrogen) atoms. The van der Waals surface area contributed by atoms with Crippen molar-refractivity contribution in [2.45, 2.75) is 32.2 Å². The van der Waals surface area contributed by atoms with Crippen LogP contribution in [0.4, 0.5) is 0 Å². The van der Waals surface area contributed by atoms with E-state index in [1.165, 1.54) is 7.11 Å². The molecule has 1 N–H and O–H groups in total. The Labute approximate surface area is 196 Å². The van der Waals surface area contributed by atoms with E-state index in [-0.39, 0.29) is 18.4 Å². The van der Waals surface area contributed by atoms with Gasteiger partial charge in [0.15, 0.2) is 0 Å².